The Hall–Kier alpha value is -3.16. The van der Waals surface area contributed by atoms with E-state index in [4.69, 9.17) is 0 Å². The average Bonchev–Trinajstić information content (AvgIpc) is 2.81. The van der Waals surface area contributed by atoms with Gasteiger partial charge in [0.25, 0.3) is 0 Å². The normalized spacial score (nSPS) is 12.1. The van der Waals surface area contributed by atoms with Gasteiger partial charge in [-0.25, -0.2) is 0 Å². The molecule has 4 rings (SSSR count). The molecule has 0 saturated heterocycles. The molecular weight excluding hydrogens is 362 g/mol. The van der Waals surface area contributed by atoms with Gasteiger partial charge in [0.1, 0.15) is 0 Å². The molecule has 0 aliphatic rings. The number of nitrogens with one attached hydrogen (secondary N) is 1. The fourth-order valence-electron chi connectivity index (χ4n) is 4.52. The maximum absolute atomic E-state index is 3.41. The van der Waals surface area contributed by atoms with E-state index in [-0.39, 0.29) is 5.92 Å². The molecule has 0 fully saturated rings. The molecule has 0 bridgehead atoms. The van der Waals surface area contributed by atoms with E-state index >= 15 is 0 Å². The number of hydrogen-bond acceptors (Lipinski definition) is 1. The molecule has 1 nitrogen and oxygen atoms in total. The third-order valence-corrected chi connectivity index (χ3v) is 5.86. The third kappa shape index (κ3) is 4.22. The molecule has 1 heteroatoms. The zero-order chi connectivity index (χ0) is 20.8. The number of hydrogen-bond donors (Lipinski definition) is 1. The Labute approximate surface area is 180 Å². The summed E-state index contributed by atoms with van der Waals surface area (Å²) in [5.74, 6) is 0.718. The van der Waals surface area contributed by atoms with Crippen molar-refractivity contribution in [1.29, 1.82) is 0 Å². The maximum Gasteiger partial charge on any atom is 0.0139 e. The van der Waals surface area contributed by atoms with Crippen LogP contribution in [0.5, 0.6) is 0 Å². The molecule has 0 aliphatic heterocycles. The van der Waals surface area contributed by atoms with Crippen LogP contribution in [0.15, 0.2) is 109 Å². The highest BCUT2D eigenvalue weighted by molar-refractivity contribution is 5.73. The molecule has 1 unspecified atom stereocenters. The van der Waals surface area contributed by atoms with Crippen LogP contribution in [0.4, 0.5) is 0 Å². The van der Waals surface area contributed by atoms with Gasteiger partial charge in [0.05, 0.1) is 0 Å². The summed E-state index contributed by atoms with van der Waals surface area (Å²) in [4.78, 5) is 0. The highest BCUT2D eigenvalue weighted by atomic mass is 14.8. The monoisotopic (exact) mass is 391 g/mol. The van der Waals surface area contributed by atoms with Gasteiger partial charge < -0.3 is 5.32 Å². The van der Waals surface area contributed by atoms with Crippen molar-refractivity contribution < 1.29 is 0 Å². The van der Waals surface area contributed by atoms with Crippen molar-refractivity contribution in [1.82, 2.24) is 5.32 Å². The molecule has 0 saturated carbocycles. The summed E-state index contributed by atoms with van der Waals surface area (Å²) in [5.41, 5.74) is 7.94. The minimum absolute atomic E-state index is 0.283. The molecule has 1 atom stereocenters. The van der Waals surface area contributed by atoms with Crippen LogP contribution in [0.25, 0.3) is 22.3 Å². The first-order chi connectivity index (χ1) is 14.8. The largest absolute Gasteiger partial charge is 0.319 e. The van der Waals surface area contributed by atoms with Gasteiger partial charge in [-0.1, -0.05) is 116 Å². The van der Waals surface area contributed by atoms with Gasteiger partial charge in [0, 0.05) is 5.92 Å². The molecule has 0 aliphatic carbocycles. The van der Waals surface area contributed by atoms with E-state index in [9.17, 15) is 0 Å². The molecule has 0 amide bonds. The van der Waals surface area contributed by atoms with Crippen LogP contribution in [0.2, 0.25) is 0 Å². The molecule has 0 spiro atoms. The van der Waals surface area contributed by atoms with Crippen LogP contribution >= 0.6 is 0 Å². The molecule has 0 radical (unpaired) electrons. The molecule has 0 heterocycles. The lowest BCUT2D eigenvalue weighted by Crippen LogP contribution is -2.24. The van der Waals surface area contributed by atoms with Crippen molar-refractivity contribution in [2.75, 3.05) is 13.6 Å². The SMILES string of the molecule is CNCC(C)C(c1ccccc1-c1ccccc1)c1ccccc1-c1ccccc1. The minimum atomic E-state index is 0.283. The zero-order valence-corrected chi connectivity index (χ0v) is 17.8. The fraction of sp³-hybridized carbons (Fsp3) is 0.172. The van der Waals surface area contributed by atoms with E-state index < -0.39 is 0 Å². The van der Waals surface area contributed by atoms with Crippen LogP contribution in [-0.4, -0.2) is 13.6 Å². The van der Waals surface area contributed by atoms with Gasteiger partial charge in [0.15, 0.2) is 0 Å². The Morgan fingerprint density at radius 2 is 0.967 bits per heavy atom. The first-order valence-corrected chi connectivity index (χ1v) is 10.7. The summed E-state index contributed by atoms with van der Waals surface area (Å²) >= 11 is 0. The second-order valence-electron chi connectivity index (χ2n) is 7.92. The molecular formula is C29H29N. The van der Waals surface area contributed by atoms with Gasteiger partial charge in [-0.2, -0.15) is 0 Å². The summed E-state index contributed by atoms with van der Waals surface area (Å²) in [6, 6.07) is 39.3. The van der Waals surface area contributed by atoms with Crippen LogP contribution in [0.1, 0.15) is 24.0 Å². The van der Waals surface area contributed by atoms with E-state index in [1.807, 2.05) is 7.05 Å². The second-order valence-corrected chi connectivity index (χ2v) is 7.92. The van der Waals surface area contributed by atoms with Crippen LogP contribution in [0, 0.1) is 5.92 Å². The van der Waals surface area contributed by atoms with Gasteiger partial charge in [-0.05, 0) is 52.9 Å². The van der Waals surface area contributed by atoms with E-state index in [1.54, 1.807) is 0 Å². The van der Waals surface area contributed by atoms with Crippen LogP contribution in [0.3, 0.4) is 0 Å². The molecule has 0 aromatic heterocycles. The molecule has 4 aromatic rings. The van der Waals surface area contributed by atoms with Crippen molar-refractivity contribution >= 4 is 0 Å². The first-order valence-electron chi connectivity index (χ1n) is 10.7. The predicted octanol–water partition coefficient (Wildman–Crippen LogP) is 7.01. The van der Waals surface area contributed by atoms with Crippen molar-refractivity contribution in [2.24, 2.45) is 5.92 Å². The Balaban J connectivity index is 1.92. The van der Waals surface area contributed by atoms with E-state index in [1.165, 1.54) is 33.4 Å². The molecule has 1 N–H and O–H groups in total. The summed E-state index contributed by atoms with van der Waals surface area (Å²) in [6.07, 6.45) is 0. The Morgan fingerprint density at radius 1 is 0.567 bits per heavy atom. The lowest BCUT2D eigenvalue weighted by molar-refractivity contribution is 0.488. The summed E-state index contributed by atoms with van der Waals surface area (Å²) < 4.78 is 0. The lowest BCUT2D eigenvalue weighted by atomic mass is 9.76. The summed E-state index contributed by atoms with van der Waals surface area (Å²) in [5, 5.41) is 3.41. The van der Waals surface area contributed by atoms with Crippen LogP contribution < -0.4 is 5.32 Å². The highest BCUT2D eigenvalue weighted by Gasteiger charge is 2.26. The van der Waals surface area contributed by atoms with Gasteiger partial charge in [-0.3, -0.25) is 0 Å². The third-order valence-electron chi connectivity index (χ3n) is 5.86. The quantitative estimate of drug-likeness (QED) is 0.357. The van der Waals surface area contributed by atoms with Crippen molar-refractivity contribution in [3.8, 4) is 22.3 Å². The smallest absolute Gasteiger partial charge is 0.0139 e. The summed E-state index contributed by atoms with van der Waals surface area (Å²) in [6.45, 7) is 3.31. The number of benzene rings is 4. The zero-order valence-electron chi connectivity index (χ0n) is 17.8. The average molecular weight is 392 g/mol. The molecule has 4 aromatic carbocycles. The van der Waals surface area contributed by atoms with E-state index in [0.29, 0.717) is 5.92 Å². The summed E-state index contributed by atoms with van der Waals surface area (Å²) in [7, 11) is 2.04. The molecule has 30 heavy (non-hydrogen) atoms. The predicted molar refractivity (Wildman–Crippen MR) is 129 cm³/mol. The topological polar surface area (TPSA) is 12.0 Å². The highest BCUT2D eigenvalue weighted by Crippen LogP contribution is 2.41. The van der Waals surface area contributed by atoms with Crippen molar-refractivity contribution in [3.05, 3.63) is 120 Å². The fourth-order valence-corrected chi connectivity index (χ4v) is 4.52. The Morgan fingerprint density at radius 3 is 1.40 bits per heavy atom. The maximum atomic E-state index is 3.41. The molecule has 150 valence electrons. The van der Waals surface area contributed by atoms with Crippen molar-refractivity contribution in [2.45, 2.75) is 12.8 Å². The van der Waals surface area contributed by atoms with Gasteiger partial charge in [-0.15, -0.1) is 0 Å². The lowest BCUT2D eigenvalue weighted by Gasteiger charge is -2.29. The minimum Gasteiger partial charge on any atom is -0.319 e. The number of rotatable bonds is 7. The first kappa shape index (κ1) is 20.1. The Kier molecular flexibility index (Phi) is 6.41. The Bertz CT molecular complexity index is 987. The van der Waals surface area contributed by atoms with Crippen LogP contribution in [-0.2, 0) is 0 Å². The standard InChI is InChI=1S/C29H29N/c1-22(21-30-2)29(27-19-11-9-17-25(27)23-13-5-3-6-14-23)28-20-12-10-18-26(28)24-15-7-4-8-16-24/h3-20,22,29-30H,21H2,1-2H3. The van der Waals surface area contributed by atoms with E-state index in [2.05, 4.69) is 121 Å². The van der Waals surface area contributed by atoms with E-state index in [0.717, 1.165) is 6.54 Å². The van der Waals surface area contributed by atoms with Gasteiger partial charge >= 0.3 is 0 Å². The van der Waals surface area contributed by atoms with Crippen molar-refractivity contribution in [3.63, 3.8) is 0 Å². The van der Waals surface area contributed by atoms with Gasteiger partial charge in [0.2, 0.25) is 0 Å². The second kappa shape index (κ2) is 9.56.